The van der Waals surface area contributed by atoms with E-state index < -0.39 is 42.4 Å². The summed E-state index contributed by atoms with van der Waals surface area (Å²) in [4.78, 5) is 49.4. The quantitative estimate of drug-likeness (QED) is 0.160. The molecule has 208 valence electrons. The number of ether oxygens (including phenoxy) is 4. The summed E-state index contributed by atoms with van der Waals surface area (Å²) < 4.78 is 24.3. The first-order valence-corrected chi connectivity index (χ1v) is 13.5. The van der Waals surface area contributed by atoms with Gasteiger partial charge in [-0.05, 0) is 12.0 Å². The summed E-state index contributed by atoms with van der Waals surface area (Å²) in [6.07, 6.45) is -1.76. The molecule has 1 aromatic carbocycles. The van der Waals surface area contributed by atoms with Crippen LogP contribution >= 0.6 is 11.8 Å². The summed E-state index contributed by atoms with van der Waals surface area (Å²) in [6.45, 7) is 6.16. The van der Waals surface area contributed by atoms with E-state index in [2.05, 4.69) is 15.3 Å². The number of imidazole rings is 1. The number of esters is 3. The Balaban J connectivity index is 1.77. The molecule has 0 saturated carbocycles. The molecular weight excluding hydrogens is 526 g/mol. The number of hydrogen-bond acceptors (Lipinski definition) is 12. The summed E-state index contributed by atoms with van der Waals surface area (Å²) in [5.74, 6) is -0.632. The van der Waals surface area contributed by atoms with Crippen molar-refractivity contribution in [2.24, 2.45) is 0 Å². The number of benzene rings is 1. The third-order valence-corrected chi connectivity index (χ3v) is 6.84. The van der Waals surface area contributed by atoms with Crippen LogP contribution in [0.2, 0.25) is 0 Å². The molecule has 0 bridgehead atoms. The molecule has 39 heavy (non-hydrogen) atoms. The van der Waals surface area contributed by atoms with Gasteiger partial charge >= 0.3 is 17.9 Å². The van der Waals surface area contributed by atoms with Crippen molar-refractivity contribution in [3.05, 3.63) is 42.2 Å². The number of carbonyl (C=O) groups is 3. The zero-order valence-electron chi connectivity index (χ0n) is 22.2. The van der Waals surface area contributed by atoms with Gasteiger partial charge in [-0.1, -0.05) is 49.0 Å². The summed E-state index contributed by atoms with van der Waals surface area (Å²) in [6, 6.07) is 9.99. The minimum Gasteiger partial charge on any atom is -0.463 e. The number of fused-ring (bicyclic) bond motifs is 1. The first-order chi connectivity index (χ1) is 18.8. The number of hydrogen-bond donors (Lipinski definition) is 1. The Morgan fingerprint density at radius 2 is 1.74 bits per heavy atom. The van der Waals surface area contributed by atoms with E-state index in [0.29, 0.717) is 34.4 Å². The van der Waals surface area contributed by atoms with E-state index in [1.54, 1.807) is 4.57 Å². The average Bonchev–Trinajstić information content (AvgIpc) is 3.42. The van der Waals surface area contributed by atoms with Gasteiger partial charge in [-0.25, -0.2) is 15.0 Å². The molecule has 12 nitrogen and oxygen atoms in total. The fraction of sp³-hybridized carbons (Fsp3) is 0.462. The second-order valence-electron chi connectivity index (χ2n) is 8.87. The Morgan fingerprint density at radius 3 is 2.41 bits per heavy atom. The molecule has 4 rings (SSSR count). The normalized spacial score (nSPS) is 20.5. The minimum atomic E-state index is -1.07. The van der Waals surface area contributed by atoms with Crippen molar-refractivity contribution >= 4 is 46.8 Å². The van der Waals surface area contributed by atoms with Gasteiger partial charge in [0.1, 0.15) is 29.6 Å². The summed E-state index contributed by atoms with van der Waals surface area (Å²) in [7, 11) is 0. The smallest absolute Gasteiger partial charge is 0.303 e. The second-order valence-corrected chi connectivity index (χ2v) is 9.84. The number of carbonyl (C=O) groups excluding carboxylic acids is 3. The minimum absolute atomic E-state index is 0.209. The van der Waals surface area contributed by atoms with E-state index in [0.717, 1.165) is 12.0 Å². The zero-order chi connectivity index (χ0) is 27.9. The Morgan fingerprint density at radius 1 is 1.03 bits per heavy atom. The Bertz CT molecular complexity index is 1320. The molecule has 3 heterocycles. The summed E-state index contributed by atoms with van der Waals surface area (Å²) in [5, 5.41) is 3.95. The fourth-order valence-electron chi connectivity index (χ4n) is 4.22. The predicted octanol–water partition coefficient (Wildman–Crippen LogP) is 3.26. The number of rotatable bonds is 11. The van der Waals surface area contributed by atoms with Gasteiger partial charge in [0, 0.05) is 33.1 Å². The molecule has 1 aliphatic rings. The van der Waals surface area contributed by atoms with Crippen LogP contribution in [-0.2, 0) is 39.1 Å². The van der Waals surface area contributed by atoms with Gasteiger partial charge in [0.25, 0.3) is 0 Å². The molecule has 0 unspecified atom stereocenters. The highest BCUT2D eigenvalue weighted by Gasteiger charge is 2.51. The zero-order valence-corrected chi connectivity index (χ0v) is 23.0. The molecular formula is C26H31N5O7S. The van der Waals surface area contributed by atoms with Crippen molar-refractivity contribution in [2.75, 3.05) is 18.5 Å². The maximum absolute atomic E-state index is 12.1. The van der Waals surface area contributed by atoms with E-state index >= 15 is 0 Å². The largest absolute Gasteiger partial charge is 0.463 e. The summed E-state index contributed by atoms with van der Waals surface area (Å²) in [5.41, 5.74) is 2.11. The summed E-state index contributed by atoms with van der Waals surface area (Å²) >= 11 is 1.52. The molecule has 0 spiro atoms. The van der Waals surface area contributed by atoms with Gasteiger partial charge in [-0.3, -0.25) is 19.0 Å². The van der Waals surface area contributed by atoms with Crippen molar-refractivity contribution in [3.8, 4) is 0 Å². The third kappa shape index (κ3) is 6.84. The lowest BCUT2D eigenvalue weighted by molar-refractivity contribution is -0.166. The van der Waals surface area contributed by atoms with Crippen LogP contribution in [0.5, 0.6) is 0 Å². The van der Waals surface area contributed by atoms with Crippen LogP contribution in [0.4, 0.5) is 5.95 Å². The van der Waals surface area contributed by atoms with Crippen molar-refractivity contribution in [1.82, 2.24) is 19.5 Å². The fourth-order valence-corrected chi connectivity index (χ4v) is 5.11. The maximum atomic E-state index is 12.1. The van der Waals surface area contributed by atoms with E-state index in [1.807, 2.05) is 37.3 Å². The number of anilines is 1. The Kier molecular flexibility index (Phi) is 9.36. The molecule has 0 radical (unpaired) electrons. The standard InChI is InChI=1S/C26H31N5O7S/c1-5-11-27-26-30-20-23(28-14-29-24(20)39-13-18-9-7-6-8-10-18)31(26)25-22(37-17(4)34)21(36-16(3)33)19(38-25)12-35-15(2)32/h6-10,14,19,21-22,25H,5,11-13H2,1-4H3,(H,27,30)/t19-,21-,22-,25-/m1/s1. The highest BCUT2D eigenvalue weighted by atomic mass is 32.2. The predicted molar refractivity (Wildman–Crippen MR) is 142 cm³/mol. The van der Waals surface area contributed by atoms with Crippen LogP contribution in [0.3, 0.4) is 0 Å². The number of aromatic nitrogens is 4. The molecule has 1 aliphatic heterocycles. The average molecular weight is 558 g/mol. The van der Waals surface area contributed by atoms with Crippen molar-refractivity contribution in [1.29, 1.82) is 0 Å². The van der Waals surface area contributed by atoms with Crippen LogP contribution in [-0.4, -0.2) is 68.9 Å². The molecule has 13 heteroatoms. The third-order valence-electron chi connectivity index (χ3n) is 5.79. The van der Waals surface area contributed by atoms with Gasteiger partial charge in [0.2, 0.25) is 5.95 Å². The van der Waals surface area contributed by atoms with Crippen molar-refractivity contribution < 1.29 is 33.3 Å². The number of nitrogens with one attached hydrogen (secondary N) is 1. The van der Waals surface area contributed by atoms with E-state index in [-0.39, 0.29) is 6.61 Å². The first-order valence-electron chi connectivity index (χ1n) is 12.5. The highest BCUT2D eigenvalue weighted by Crippen LogP contribution is 2.39. The van der Waals surface area contributed by atoms with Crippen molar-refractivity contribution in [3.63, 3.8) is 0 Å². The number of thioether (sulfide) groups is 1. The molecule has 3 aromatic rings. The maximum Gasteiger partial charge on any atom is 0.303 e. The second kappa shape index (κ2) is 12.9. The lowest BCUT2D eigenvalue weighted by atomic mass is 10.1. The Hall–Kier alpha value is -3.71. The van der Waals surface area contributed by atoms with Crippen LogP contribution < -0.4 is 5.32 Å². The molecule has 2 aromatic heterocycles. The van der Waals surface area contributed by atoms with Gasteiger partial charge in [0.05, 0.1) is 0 Å². The molecule has 0 amide bonds. The van der Waals surface area contributed by atoms with Crippen LogP contribution in [0.1, 0.15) is 45.9 Å². The van der Waals surface area contributed by atoms with Crippen LogP contribution in [0.25, 0.3) is 11.2 Å². The van der Waals surface area contributed by atoms with E-state index in [4.69, 9.17) is 23.9 Å². The molecule has 0 aliphatic carbocycles. The SMILES string of the molecule is CCCNc1nc2c(SCc3ccccc3)ncnc2n1[C@@H]1O[C@H](COC(C)=O)[C@@H](OC(C)=O)[C@H]1OC(C)=O. The lowest BCUT2D eigenvalue weighted by Gasteiger charge is -2.24. The number of nitrogens with zero attached hydrogens (tertiary/aromatic N) is 4. The monoisotopic (exact) mass is 557 g/mol. The molecule has 1 fully saturated rings. The molecule has 1 saturated heterocycles. The van der Waals surface area contributed by atoms with Gasteiger partial charge < -0.3 is 24.3 Å². The Labute approximate surface area is 229 Å². The van der Waals surface area contributed by atoms with Crippen molar-refractivity contribution in [2.45, 2.75) is 69.4 Å². The van der Waals surface area contributed by atoms with Gasteiger partial charge in [0.15, 0.2) is 24.1 Å². The molecule has 4 atom stereocenters. The van der Waals surface area contributed by atoms with E-state index in [1.165, 1.54) is 38.9 Å². The lowest BCUT2D eigenvalue weighted by Crippen LogP contribution is -2.40. The van der Waals surface area contributed by atoms with Crippen LogP contribution in [0.15, 0.2) is 41.7 Å². The van der Waals surface area contributed by atoms with Gasteiger partial charge in [-0.2, -0.15) is 0 Å². The molecule has 1 N–H and O–H groups in total. The van der Waals surface area contributed by atoms with E-state index in [9.17, 15) is 14.4 Å². The first kappa shape index (κ1) is 28.3. The van der Waals surface area contributed by atoms with Gasteiger partial charge in [-0.15, -0.1) is 0 Å². The topological polar surface area (TPSA) is 144 Å². The van der Waals surface area contributed by atoms with Crippen LogP contribution in [0, 0.1) is 0 Å². The highest BCUT2D eigenvalue weighted by molar-refractivity contribution is 7.98.